The van der Waals surface area contributed by atoms with Crippen molar-refractivity contribution in [3.8, 4) is 0 Å². The molecule has 1 amide bonds. The zero-order chi connectivity index (χ0) is 18.3. The first kappa shape index (κ1) is 16.1. The number of imidazole rings is 2. The maximum Gasteiger partial charge on any atom is 0.294 e. The number of aliphatic hydroxyl groups excluding tert-OH is 1. The molecule has 3 heterocycles. The van der Waals surface area contributed by atoms with Gasteiger partial charge in [-0.25, -0.2) is 9.97 Å². The first-order valence-corrected chi connectivity index (χ1v) is 8.33. The van der Waals surface area contributed by atoms with E-state index >= 15 is 0 Å². The average molecular weight is 351 g/mol. The summed E-state index contributed by atoms with van der Waals surface area (Å²) in [4.78, 5) is 41.0. The summed E-state index contributed by atoms with van der Waals surface area (Å²) in [6.45, 7) is 1.88. The van der Waals surface area contributed by atoms with Crippen molar-refractivity contribution >= 4 is 28.4 Å². The molecule has 0 saturated heterocycles. The van der Waals surface area contributed by atoms with E-state index in [0.717, 1.165) is 11.0 Å². The number of carbonyl (C=O) groups is 2. The molecule has 2 aromatic heterocycles. The van der Waals surface area contributed by atoms with Crippen LogP contribution < -0.4 is 4.90 Å². The zero-order valence-corrected chi connectivity index (χ0v) is 14.1. The van der Waals surface area contributed by atoms with E-state index in [-0.39, 0.29) is 17.8 Å². The smallest absolute Gasteiger partial charge is 0.294 e. The lowest BCUT2D eigenvalue weighted by Gasteiger charge is -2.25. The molecule has 3 N–H and O–H groups in total. The minimum absolute atomic E-state index is 0.103. The summed E-state index contributed by atoms with van der Waals surface area (Å²) in [5.74, 6) is -1.36. The number of anilines is 1. The molecule has 0 spiro atoms. The molecule has 26 heavy (non-hydrogen) atoms. The van der Waals surface area contributed by atoms with Gasteiger partial charge < -0.3 is 15.1 Å². The van der Waals surface area contributed by atoms with Crippen molar-refractivity contribution in [3.05, 3.63) is 54.1 Å². The maximum absolute atomic E-state index is 12.8. The second kappa shape index (κ2) is 6.14. The largest absolute Gasteiger partial charge is 0.503 e. The SMILES string of the molecule is CCCC(=O)C1=C(O)C(=O)N(c2ccc3nc[nH]c3c2)C1c1cnc[nH]1. The Kier molecular flexibility index (Phi) is 3.80. The Balaban J connectivity index is 1.85. The molecule has 1 atom stereocenters. The van der Waals surface area contributed by atoms with Gasteiger partial charge in [-0.3, -0.25) is 14.5 Å². The molecule has 8 nitrogen and oxygen atoms in total. The highest BCUT2D eigenvalue weighted by Crippen LogP contribution is 2.41. The summed E-state index contributed by atoms with van der Waals surface area (Å²) in [6, 6.07) is 4.54. The molecular weight excluding hydrogens is 334 g/mol. The first-order valence-electron chi connectivity index (χ1n) is 8.33. The number of hydrogen-bond acceptors (Lipinski definition) is 5. The van der Waals surface area contributed by atoms with Gasteiger partial charge >= 0.3 is 0 Å². The normalized spacial score (nSPS) is 17.5. The average Bonchev–Trinajstić information content (AvgIpc) is 3.35. The molecule has 3 aromatic rings. The van der Waals surface area contributed by atoms with Crippen LogP contribution >= 0.6 is 0 Å². The number of nitrogens with zero attached hydrogens (tertiary/aromatic N) is 3. The van der Waals surface area contributed by atoms with Crippen molar-refractivity contribution in [1.82, 2.24) is 19.9 Å². The van der Waals surface area contributed by atoms with Gasteiger partial charge in [0, 0.05) is 12.1 Å². The van der Waals surface area contributed by atoms with Gasteiger partial charge in [0.1, 0.15) is 6.04 Å². The van der Waals surface area contributed by atoms with Gasteiger partial charge in [-0.05, 0) is 24.6 Å². The van der Waals surface area contributed by atoms with Crippen LogP contribution in [0.5, 0.6) is 0 Å². The van der Waals surface area contributed by atoms with E-state index in [1.54, 1.807) is 30.7 Å². The summed E-state index contributed by atoms with van der Waals surface area (Å²) in [5.41, 5.74) is 2.74. The second-order valence-corrected chi connectivity index (χ2v) is 6.12. The van der Waals surface area contributed by atoms with Gasteiger partial charge in [0.05, 0.1) is 41.2 Å². The first-order chi connectivity index (χ1) is 12.6. The number of fused-ring (bicyclic) bond motifs is 1. The van der Waals surface area contributed by atoms with Crippen molar-refractivity contribution in [2.75, 3.05) is 4.90 Å². The van der Waals surface area contributed by atoms with E-state index in [1.165, 1.54) is 11.2 Å². The van der Waals surface area contributed by atoms with Gasteiger partial charge in [0.25, 0.3) is 5.91 Å². The summed E-state index contributed by atoms with van der Waals surface area (Å²) < 4.78 is 0. The molecule has 0 bridgehead atoms. The number of rotatable bonds is 5. The molecule has 8 heteroatoms. The lowest BCUT2D eigenvalue weighted by atomic mass is 9.98. The van der Waals surface area contributed by atoms with Crippen molar-refractivity contribution in [3.63, 3.8) is 0 Å². The Morgan fingerprint density at radius 1 is 1.31 bits per heavy atom. The third-order valence-electron chi connectivity index (χ3n) is 4.48. The predicted octanol–water partition coefficient (Wildman–Crippen LogP) is 2.56. The standard InChI is InChI=1S/C18H17N5O3/c1-2-3-14(24)15-16(13-7-19-8-20-13)23(18(26)17(15)25)10-4-5-11-12(6-10)22-9-21-11/h4-9,16,25H,2-3H2,1H3,(H,19,20)(H,21,22). The molecule has 1 aromatic carbocycles. The quantitative estimate of drug-likeness (QED) is 0.653. The van der Waals surface area contributed by atoms with Crippen molar-refractivity contribution in [1.29, 1.82) is 0 Å². The Morgan fingerprint density at radius 3 is 2.88 bits per heavy atom. The number of H-pyrrole nitrogens is 2. The fourth-order valence-electron chi connectivity index (χ4n) is 3.30. The number of amides is 1. The summed E-state index contributed by atoms with van der Waals surface area (Å²) in [6.07, 6.45) is 5.48. The van der Waals surface area contributed by atoms with Gasteiger partial charge in [-0.1, -0.05) is 6.92 Å². The fourth-order valence-corrected chi connectivity index (χ4v) is 3.30. The Hall–Kier alpha value is -3.42. The highest BCUT2D eigenvalue weighted by Gasteiger charge is 2.44. The van der Waals surface area contributed by atoms with Crippen molar-refractivity contribution in [2.24, 2.45) is 0 Å². The van der Waals surface area contributed by atoms with Crippen molar-refractivity contribution < 1.29 is 14.7 Å². The predicted molar refractivity (Wildman–Crippen MR) is 94.5 cm³/mol. The van der Waals surface area contributed by atoms with Gasteiger partial charge in [0.15, 0.2) is 11.5 Å². The molecule has 1 aliphatic heterocycles. The number of hydrogen-bond donors (Lipinski definition) is 3. The van der Waals surface area contributed by atoms with Crippen LogP contribution in [-0.4, -0.2) is 36.7 Å². The molecular formula is C18H17N5O3. The Labute approximate surface area is 148 Å². The zero-order valence-electron chi connectivity index (χ0n) is 14.1. The van der Waals surface area contributed by atoms with Crippen LogP contribution in [0.3, 0.4) is 0 Å². The van der Waals surface area contributed by atoms with Crippen molar-refractivity contribution in [2.45, 2.75) is 25.8 Å². The third kappa shape index (κ3) is 2.38. The van der Waals surface area contributed by atoms with E-state index in [1.807, 2.05) is 6.92 Å². The van der Waals surface area contributed by atoms with E-state index < -0.39 is 17.7 Å². The highest BCUT2D eigenvalue weighted by atomic mass is 16.3. The molecule has 4 rings (SSSR count). The lowest BCUT2D eigenvalue weighted by Crippen LogP contribution is -2.31. The summed E-state index contributed by atoms with van der Waals surface area (Å²) in [5, 5.41) is 10.4. The highest BCUT2D eigenvalue weighted by molar-refractivity contribution is 6.16. The minimum atomic E-state index is -0.746. The van der Waals surface area contributed by atoms with Gasteiger partial charge in [-0.15, -0.1) is 0 Å². The molecule has 0 radical (unpaired) electrons. The fraction of sp³-hybridized carbons (Fsp3) is 0.222. The van der Waals surface area contributed by atoms with Gasteiger partial charge in [-0.2, -0.15) is 0 Å². The number of aromatic nitrogens is 4. The van der Waals surface area contributed by atoms with Crippen LogP contribution in [0.2, 0.25) is 0 Å². The number of carbonyl (C=O) groups excluding carboxylic acids is 2. The molecule has 0 aliphatic carbocycles. The van der Waals surface area contributed by atoms with Crippen LogP contribution in [0, 0.1) is 0 Å². The second-order valence-electron chi connectivity index (χ2n) is 6.12. The van der Waals surface area contributed by atoms with E-state index in [4.69, 9.17) is 0 Å². The van der Waals surface area contributed by atoms with Crippen LogP contribution in [0.4, 0.5) is 5.69 Å². The summed E-state index contributed by atoms with van der Waals surface area (Å²) >= 11 is 0. The minimum Gasteiger partial charge on any atom is -0.503 e. The van der Waals surface area contributed by atoms with E-state index in [2.05, 4.69) is 19.9 Å². The molecule has 1 unspecified atom stereocenters. The van der Waals surface area contributed by atoms with E-state index in [0.29, 0.717) is 17.8 Å². The number of ketones is 1. The molecule has 1 aliphatic rings. The molecule has 0 fully saturated rings. The number of benzene rings is 1. The van der Waals surface area contributed by atoms with Crippen LogP contribution in [0.1, 0.15) is 31.5 Å². The monoisotopic (exact) mass is 351 g/mol. The van der Waals surface area contributed by atoms with Gasteiger partial charge in [0.2, 0.25) is 0 Å². The topological polar surface area (TPSA) is 115 Å². The number of aromatic amines is 2. The summed E-state index contributed by atoms with van der Waals surface area (Å²) in [7, 11) is 0. The molecule has 0 saturated carbocycles. The number of nitrogens with one attached hydrogen (secondary N) is 2. The van der Waals surface area contributed by atoms with Crippen LogP contribution in [0.15, 0.2) is 48.4 Å². The van der Waals surface area contributed by atoms with Crippen LogP contribution in [-0.2, 0) is 9.59 Å². The van der Waals surface area contributed by atoms with Crippen LogP contribution in [0.25, 0.3) is 11.0 Å². The Bertz CT molecular complexity index is 1020. The Morgan fingerprint density at radius 2 is 2.15 bits per heavy atom. The lowest BCUT2D eigenvalue weighted by molar-refractivity contribution is -0.118. The number of Topliss-reactive ketones (excluding diaryl/α,β-unsaturated/α-hetero) is 1. The van der Waals surface area contributed by atoms with E-state index in [9.17, 15) is 14.7 Å². The maximum atomic E-state index is 12.8. The number of aliphatic hydroxyl groups is 1. The molecule has 132 valence electrons. The third-order valence-corrected chi connectivity index (χ3v) is 4.48.